The maximum absolute atomic E-state index is 5.94. The average molecular weight is 263 g/mol. The first-order chi connectivity index (χ1) is 9.75. The van der Waals surface area contributed by atoms with Crippen molar-refractivity contribution in [3.63, 3.8) is 0 Å². The molecule has 2 aromatic carbocycles. The predicted octanol–water partition coefficient (Wildman–Crippen LogP) is 3.95. The molecule has 0 heterocycles. The number of nitrogens with two attached hydrogens (primary N) is 1. The van der Waals surface area contributed by atoms with Gasteiger partial charge in [-0.15, -0.1) is 0 Å². The van der Waals surface area contributed by atoms with Crippen molar-refractivity contribution in [2.75, 3.05) is 0 Å². The van der Waals surface area contributed by atoms with Gasteiger partial charge in [-0.25, -0.2) is 0 Å². The summed E-state index contributed by atoms with van der Waals surface area (Å²) >= 11 is 0. The normalized spacial score (nSPS) is 15.0. The maximum atomic E-state index is 5.94. The van der Waals surface area contributed by atoms with E-state index in [1.807, 2.05) is 0 Å². The fourth-order valence-electron chi connectivity index (χ4n) is 2.94. The largest absolute Gasteiger partial charge is 0.328 e. The van der Waals surface area contributed by atoms with E-state index in [-0.39, 0.29) is 6.04 Å². The molecule has 1 unspecified atom stereocenters. The molecule has 3 rings (SSSR count). The Morgan fingerprint density at radius 3 is 1.95 bits per heavy atom. The smallest absolute Gasteiger partial charge is 0.00453 e. The van der Waals surface area contributed by atoms with E-state index in [9.17, 15) is 0 Å². The molecular weight excluding hydrogens is 242 g/mol. The second-order valence-electron chi connectivity index (χ2n) is 5.65. The fourth-order valence-corrected chi connectivity index (χ4v) is 2.94. The van der Waals surface area contributed by atoms with Crippen molar-refractivity contribution < 1.29 is 0 Å². The van der Waals surface area contributed by atoms with Gasteiger partial charge in [0, 0.05) is 6.04 Å². The molecule has 1 heteroatoms. The zero-order valence-corrected chi connectivity index (χ0v) is 12.0. The lowest BCUT2D eigenvalue weighted by atomic mass is 9.93. The van der Waals surface area contributed by atoms with Crippen LogP contribution in [0.1, 0.15) is 35.6 Å². The van der Waals surface area contributed by atoms with E-state index in [1.165, 1.54) is 27.8 Å². The van der Waals surface area contributed by atoms with Crippen LogP contribution >= 0.6 is 0 Å². The van der Waals surface area contributed by atoms with Gasteiger partial charge < -0.3 is 5.73 Å². The highest BCUT2D eigenvalue weighted by Gasteiger charge is 2.17. The molecule has 2 N–H and O–H groups in total. The van der Waals surface area contributed by atoms with Crippen molar-refractivity contribution in [1.82, 2.24) is 0 Å². The van der Waals surface area contributed by atoms with Gasteiger partial charge in [0.15, 0.2) is 0 Å². The van der Waals surface area contributed by atoms with E-state index < -0.39 is 0 Å². The molecule has 102 valence electrons. The molecule has 20 heavy (non-hydrogen) atoms. The summed E-state index contributed by atoms with van der Waals surface area (Å²) < 4.78 is 0. The van der Waals surface area contributed by atoms with Crippen LogP contribution in [0.4, 0.5) is 0 Å². The van der Waals surface area contributed by atoms with Gasteiger partial charge in [-0.2, -0.15) is 0 Å². The summed E-state index contributed by atoms with van der Waals surface area (Å²) in [7, 11) is 0. The van der Waals surface area contributed by atoms with Crippen LogP contribution in [0.25, 0.3) is 5.57 Å². The van der Waals surface area contributed by atoms with E-state index in [4.69, 9.17) is 5.73 Å². The van der Waals surface area contributed by atoms with Gasteiger partial charge in [-0.1, -0.05) is 54.6 Å². The van der Waals surface area contributed by atoms with Gasteiger partial charge in [-0.3, -0.25) is 0 Å². The Morgan fingerprint density at radius 1 is 0.950 bits per heavy atom. The number of fused-ring (bicyclic) bond motifs is 2. The van der Waals surface area contributed by atoms with Crippen molar-refractivity contribution in [3.05, 3.63) is 76.9 Å². The van der Waals surface area contributed by atoms with Gasteiger partial charge in [0.1, 0.15) is 0 Å². The number of benzene rings is 2. The Kier molecular flexibility index (Phi) is 3.70. The van der Waals surface area contributed by atoms with Crippen LogP contribution in [-0.2, 0) is 12.8 Å². The maximum Gasteiger partial charge on any atom is 0.00453 e. The zero-order chi connectivity index (χ0) is 13.9. The Labute approximate surface area is 121 Å². The third kappa shape index (κ3) is 2.54. The van der Waals surface area contributed by atoms with Crippen molar-refractivity contribution in [2.24, 2.45) is 5.73 Å². The molecule has 1 nitrogen and oxygen atoms in total. The summed E-state index contributed by atoms with van der Waals surface area (Å²) in [6.45, 7) is 2.06. The van der Waals surface area contributed by atoms with Crippen LogP contribution in [0.15, 0.2) is 54.6 Å². The van der Waals surface area contributed by atoms with Crippen molar-refractivity contribution in [3.8, 4) is 0 Å². The van der Waals surface area contributed by atoms with Gasteiger partial charge in [-0.05, 0) is 54.0 Å². The second-order valence-corrected chi connectivity index (χ2v) is 5.65. The van der Waals surface area contributed by atoms with Crippen LogP contribution < -0.4 is 5.73 Å². The summed E-state index contributed by atoms with van der Waals surface area (Å²) in [5, 5.41) is 0. The van der Waals surface area contributed by atoms with Crippen LogP contribution in [-0.4, -0.2) is 6.04 Å². The molecule has 0 saturated heterocycles. The summed E-state index contributed by atoms with van der Waals surface area (Å²) in [6.07, 6.45) is 5.46. The van der Waals surface area contributed by atoms with Crippen molar-refractivity contribution in [1.29, 1.82) is 0 Å². The first-order valence-electron chi connectivity index (χ1n) is 7.38. The number of rotatable bonds is 2. The van der Waals surface area contributed by atoms with E-state index in [0.29, 0.717) is 0 Å². The van der Waals surface area contributed by atoms with E-state index in [0.717, 1.165) is 19.3 Å². The fraction of sp³-hybridized carbons (Fsp3) is 0.263. The van der Waals surface area contributed by atoms with Crippen LogP contribution in [0.2, 0.25) is 0 Å². The SMILES string of the molecule is CC(N)CC=C1c2ccccc2CCc2ccccc21. The quantitative estimate of drug-likeness (QED) is 0.872. The molecule has 1 atom stereocenters. The molecule has 0 fully saturated rings. The van der Waals surface area contributed by atoms with Crippen LogP contribution in [0.5, 0.6) is 0 Å². The Morgan fingerprint density at radius 2 is 1.45 bits per heavy atom. The molecule has 0 bridgehead atoms. The molecule has 0 saturated carbocycles. The highest BCUT2D eigenvalue weighted by Crippen LogP contribution is 2.33. The van der Waals surface area contributed by atoms with E-state index >= 15 is 0 Å². The minimum atomic E-state index is 0.199. The first kappa shape index (κ1) is 13.1. The third-order valence-corrected chi connectivity index (χ3v) is 3.97. The molecule has 2 aromatic rings. The predicted molar refractivity (Wildman–Crippen MR) is 85.6 cm³/mol. The van der Waals surface area contributed by atoms with Gasteiger partial charge in [0.2, 0.25) is 0 Å². The standard InChI is InChI=1S/C19H21N/c1-14(20)10-13-19-17-8-4-2-6-15(17)11-12-16-7-3-5-9-18(16)19/h2-9,13-14H,10-12,20H2,1H3. The zero-order valence-electron chi connectivity index (χ0n) is 12.0. The summed E-state index contributed by atoms with van der Waals surface area (Å²) in [5.41, 5.74) is 12.9. The summed E-state index contributed by atoms with van der Waals surface area (Å²) in [5.74, 6) is 0. The molecular formula is C19H21N. The highest BCUT2D eigenvalue weighted by atomic mass is 14.6. The molecule has 0 spiro atoms. The molecule has 0 aliphatic heterocycles. The van der Waals surface area contributed by atoms with E-state index in [1.54, 1.807) is 0 Å². The molecule has 0 aromatic heterocycles. The highest BCUT2D eigenvalue weighted by molar-refractivity contribution is 5.83. The number of hydrogen-bond acceptors (Lipinski definition) is 1. The number of hydrogen-bond donors (Lipinski definition) is 1. The topological polar surface area (TPSA) is 26.0 Å². The lowest BCUT2D eigenvalue weighted by Crippen LogP contribution is -2.13. The molecule has 0 amide bonds. The van der Waals surface area contributed by atoms with Gasteiger partial charge in [0.05, 0.1) is 0 Å². The van der Waals surface area contributed by atoms with Gasteiger partial charge >= 0.3 is 0 Å². The average Bonchev–Trinajstić information content (AvgIpc) is 2.62. The molecule has 1 aliphatic rings. The van der Waals surface area contributed by atoms with E-state index in [2.05, 4.69) is 61.5 Å². The Bertz CT molecular complexity index is 588. The lowest BCUT2D eigenvalue weighted by Gasteiger charge is -2.12. The minimum Gasteiger partial charge on any atom is -0.328 e. The Hall–Kier alpha value is -1.86. The van der Waals surface area contributed by atoms with Crippen molar-refractivity contribution >= 4 is 5.57 Å². The van der Waals surface area contributed by atoms with Crippen LogP contribution in [0, 0.1) is 0 Å². The second kappa shape index (κ2) is 5.64. The monoisotopic (exact) mass is 263 g/mol. The molecule has 0 radical (unpaired) electrons. The number of aryl methyl sites for hydroxylation is 2. The van der Waals surface area contributed by atoms with Crippen LogP contribution in [0.3, 0.4) is 0 Å². The third-order valence-electron chi connectivity index (χ3n) is 3.97. The van der Waals surface area contributed by atoms with Crippen molar-refractivity contribution in [2.45, 2.75) is 32.2 Å². The summed E-state index contributed by atoms with van der Waals surface area (Å²) in [4.78, 5) is 0. The lowest BCUT2D eigenvalue weighted by molar-refractivity contribution is 0.758. The minimum absolute atomic E-state index is 0.199. The first-order valence-corrected chi connectivity index (χ1v) is 7.38. The Balaban J connectivity index is 2.16. The summed E-state index contributed by atoms with van der Waals surface area (Å²) in [6, 6.07) is 17.7. The van der Waals surface area contributed by atoms with Gasteiger partial charge in [0.25, 0.3) is 0 Å². The molecule has 1 aliphatic carbocycles.